The maximum absolute atomic E-state index is 12.0. The molecule has 0 saturated carbocycles. The topological polar surface area (TPSA) is 213 Å². The Hall–Kier alpha value is -0.454. The summed E-state index contributed by atoms with van der Waals surface area (Å²) in [5.74, 6) is -0.0652. The van der Waals surface area contributed by atoms with Crippen LogP contribution < -0.4 is 11.4 Å². The summed E-state index contributed by atoms with van der Waals surface area (Å²) < 4.78 is 43.9. The number of aliphatic hydroxyl groups is 2. The Morgan fingerprint density at radius 2 is 1.78 bits per heavy atom. The third kappa shape index (κ3) is 8.72. The molecule has 178 valence electrons. The van der Waals surface area contributed by atoms with Gasteiger partial charge in [-0.1, -0.05) is 0 Å². The van der Waals surface area contributed by atoms with Gasteiger partial charge in [-0.2, -0.15) is 9.29 Å². The summed E-state index contributed by atoms with van der Waals surface area (Å²) in [4.78, 5) is 34.7. The molecule has 1 aliphatic rings. The van der Waals surface area contributed by atoms with E-state index >= 15 is 0 Å². The molecule has 2 unspecified atom stereocenters. The van der Waals surface area contributed by atoms with Crippen molar-refractivity contribution in [2.75, 3.05) is 46.6 Å². The first-order chi connectivity index (χ1) is 14.1. The molecule has 0 aromatic carbocycles. The predicted octanol–water partition coefficient (Wildman–Crippen LogP) is -1.98. The number of hydrogen-bond donors (Lipinski definition) is 5. The van der Waals surface area contributed by atoms with E-state index < -0.39 is 52.5 Å². The van der Waals surface area contributed by atoms with Crippen LogP contribution in [0.1, 0.15) is 6.23 Å². The van der Waals surface area contributed by atoms with Crippen LogP contribution in [0.15, 0.2) is 17.1 Å². The number of phosphoric acid groups is 2. The largest absolute Gasteiger partial charge is 2.00 e. The quantitative estimate of drug-likeness (QED) is 0.130. The minimum Gasteiger partial charge on any atom is -0.387 e. The van der Waals surface area contributed by atoms with E-state index in [1.54, 1.807) is 21.1 Å². The number of rotatable bonds is 10. The van der Waals surface area contributed by atoms with Crippen LogP contribution >= 0.6 is 15.6 Å². The first kappa shape index (κ1) is 29.6. The first-order valence-electron chi connectivity index (χ1n) is 8.93. The Morgan fingerprint density at radius 3 is 2.34 bits per heavy atom. The van der Waals surface area contributed by atoms with Gasteiger partial charge in [0.25, 0.3) is 0 Å². The van der Waals surface area contributed by atoms with Gasteiger partial charge in [0, 0.05) is 6.20 Å². The summed E-state index contributed by atoms with van der Waals surface area (Å²) >= 11 is 0. The number of ether oxygens (including phenoxy) is 1. The van der Waals surface area contributed by atoms with Crippen molar-refractivity contribution in [1.82, 2.24) is 9.55 Å². The number of aliphatic hydroxyl groups excluding tert-OH is 2. The molecule has 32 heavy (non-hydrogen) atoms. The van der Waals surface area contributed by atoms with Crippen LogP contribution in [-0.4, -0.2) is 116 Å². The first-order valence-corrected chi connectivity index (χ1v) is 11.9. The Bertz CT molecular complexity index is 927. The van der Waals surface area contributed by atoms with Crippen molar-refractivity contribution in [3.05, 3.63) is 22.7 Å². The standard InChI is InChI=1S/C14H26N4O11P2.Mg/c1-18(2,3)6-7-26-30(22,23)29-31(24,25)27-8-9-11(19)12(20)13(28-9)17-5-4-10(15)16-14(17)21;/h4-5,9,11-13,19-20H,6-8H2,1-3H3,(H3-,15,16,21,22,23,24,25);/q;+2/p+1/t9-,11-,12-,13-;/m1./s1. The van der Waals surface area contributed by atoms with Crippen LogP contribution in [0.5, 0.6) is 0 Å². The molecule has 1 aromatic rings. The van der Waals surface area contributed by atoms with E-state index in [0.717, 1.165) is 4.57 Å². The zero-order chi connectivity index (χ0) is 23.6. The van der Waals surface area contributed by atoms with Gasteiger partial charge in [-0.15, -0.1) is 0 Å². The van der Waals surface area contributed by atoms with E-state index in [9.17, 15) is 33.9 Å². The third-order valence-electron chi connectivity index (χ3n) is 4.09. The maximum Gasteiger partial charge on any atom is 2.00 e. The number of nitrogen functional groups attached to an aromatic ring is 1. The van der Waals surface area contributed by atoms with Crippen molar-refractivity contribution in [2.24, 2.45) is 0 Å². The molecule has 1 saturated heterocycles. The average Bonchev–Trinajstić information content (AvgIpc) is 2.86. The molecule has 15 nitrogen and oxygen atoms in total. The summed E-state index contributed by atoms with van der Waals surface area (Å²) in [6.07, 6.45) is -4.82. The number of nitrogens with zero attached hydrogens (tertiary/aromatic N) is 3. The second-order valence-corrected chi connectivity index (χ2v) is 10.8. The second kappa shape index (κ2) is 11.3. The summed E-state index contributed by atoms with van der Waals surface area (Å²) in [6.45, 7) is -0.746. The minimum atomic E-state index is -5.11. The Kier molecular flexibility index (Phi) is 10.5. The smallest absolute Gasteiger partial charge is 0.387 e. The molecular weight excluding hydrogens is 486 g/mol. The average molecular weight is 514 g/mol. The monoisotopic (exact) mass is 513 g/mol. The molecule has 2 rings (SSSR count). The van der Waals surface area contributed by atoms with Crippen molar-refractivity contribution >= 4 is 44.5 Å². The maximum atomic E-state index is 12.0. The molecule has 6 N–H and O–H groups in total. The van der Waals surface area contributed by atoms with E-state index in [-0.39, 0.29) is 35.5 Å². The fraction of sp³-hybridized carbons (Fsp3) is 0.714. The van der Waals surface area contributed by atoms with E-state index in [1.165, 1.54) is 12.3 Å². The molecule has 0 bridgehead atoms. The molecule has 6 atom stereocenters. The van der Waals surface area contributed by atoms with Gasteiger partial charge in [0.15, 0.2) is 6.23 Å². The van der Waals surface area contributed by atoms with Crippen LogP contribution in [0.3, 0.4) is 0 Å². The van der Waals surface area contributed by atoms with Gasteiger partial charge in [0.2, 0.25) is 0 Å². The zero-order valence-corrected chi connectivity index (χ0v) is 21.0. The van der Waals surface area contributed by atoms with Crippen LogP contribution in [0, 0.1) is 0 Å². The third-order valence-corrected chi connectivity index (χ3v) is 6.72. The van der Waals surface area contributed by atoms with Gasteiger partial charge in [-0.25, -0.2) is 13.9 Å². The van der Waals surface area contributed by atoms with E-state index in [1.807, 2.05) is 0 Å². The second-order valence-electron chi connectivity index (χ2n) is 7.75. The van der Waals surface area contributed by atoms with Crippen LogP contribution in [-0.2, 0) is 27.2 Å². The SMILES string of the molecule is C[N+](C)(C)CCOP(=O)(O)OP(=O)(O)OC[C@H]1O[C@@H](n2ccc(N)nc2=O)[C@H](O)[C@@H]1O.[Mg+2]. The molecule has 0 aliphatic carbocycles. The summed E-state index contributed by atoms with van der Waals surface area (Å²) in [5, 5.41) is 20.2. The van der Waals surface area contributed by atoms with Crippen molar-refractivity contribution in [2.45, 2.75) is 24.5 Å². The normalized spacial score (nSPS) is 27.3. The number of aromatic nitrogens is 2. The summed E-state index contributed by atoms with van der Waals surface area (Å²) in [7, 11) is -4.64. The molecule has 1 aliphatic heterocycles. The van der Waals surface area contributed by atoms with Crippen LogP contribution in [0.4, 0.5) is 5.82 Å². The number of anilines is 1. The predicted molar refractivity (Wildman–Crippen MR) is 110 cm³/mol. The van der Waals surface area contributed by atoms with E-state index in [0.29, 0.717) is 11.0 Å². The molecule has 18 heteroatoms. The molecular formula is C14H27MgN4O11P2+3. The van der Waals surface area contributed by atoms with Gasteiger partial charge in [0.1, 0.15) is 37.3 Å². The number of hydrogen-bond acceptors (Lipinski definition) is 11. The minimum absolute atomic E-state index is 0. The molecule has 0 radical (unpaired) electrons. The number of nitrogens with two attached hydrogens (primary N) is 1. The van der Waals surface area contributed by atoms with Gasteiger partial charge in [-0.05, 0) is 6.07 Å². The van der Waals surface area contributed by atoms with E-state index in [4.69, 9.17) is 10.5 Å². The Balaban J connectivity index is 0.00000512. The number of likely N-dealkylation sites (N-methyl/N-ethyl adjacent to an activating group) is 1. The molecule has 0 spiro atoms. The zero-order valence-electron chi connectivity index (χ0n) is 17.8. The molecule has 1 aromatic heterocycles. The van der Waals surface area contributed by atoms with Crippen LogP contribution in [0.25, 0.3) is 0 Å². The molecule has 1 fully saturated rings. The van der Waals surface area contributed by atoms with Gasteiger partial charge in [0.05, 0.1) is 27.7 Å². The van der Waals surface area contributed by atoms with Crippen molar-refractivity contribution in [3.8, 4) is 0 Å². The van der Waals surface area contributed by atoms with Crippen molar-refractivity contribution < 1.29 is 51.7 Å². The Morgan fingerprint density at radius 1 is 1.19 bits per heavy atom. The van der Waals surface area contributed by atoms with Crippen molar-refractivity contribution in [3.63, 3.8) is 0 Å². The Labute approximate surface area is 199 Å². The fourth-order valence-corrected chi connectivity index (χ4v) is 4.56. The summed E-state index contributed by atoms with van der Waals surface area (Å²) in [6, 6.07) is 1.26. The van der Waals surface area contributed by atoms with Crippen LogP contribution in [0.2, 0.25) is 0 Å². The number of quaternary nitrogens is 1. The van der Waals surface area contributed by atoms with Gasteiger partial charge >= 0.3 is 44.4 Å². The van der Waals surface area contributed by atoms with E-state index in [2.05, 4.69) is 18.3 Å². The van der Waals surface area contributed by atoms with Gasteiger partial charge in [-0.3, -0.25) is 13.6 Å². The fourth-order valence-electron chi connectivity index (χ4n) is 2.49. The van der Waals surface area contributed by atoms with Crippen molar-refractivity contribution in [1.29, 1.82) is 0 Å². The molecule has 2 heterocycles. The molecule has 0 amide bonds. The summed E-state index contributed by atoms with van der Waals surface area (Å²) in [5.41, 5.74) is 4.53. The van der Waals surface area contributed by atoms with Gasteiger partial charge < -0.3 is 35.0 Å². The number of phosphoric ester groups is 2.